The second-order valence-corrected chi connectivity index (χ2v) is 3.35. The minimum absolute atomic E-state index is 0.133. The first-order valence-corrected chi connectivity index (χ1v) is 4.58. The van der Waals surface area contributed by atoms with Crippen molar-refractivity contribution in [2.24, 2.45) is 0 Å². The molecule has 14 heavy (non-hydrogen) atoms. The monoisotopic (exact) mass is 191 g/mol. The third-order valence-electron chi connectivity index (χ3n) is 2.48. The van der Waals surface area contributed by atoms with Crippen molar-refractivity contribution in [2.75, 3.05) is 24.3 Å². The van der Waals surface area contributed by atoms with Crippen molar-refractivity contribution in [3.63, 3.8) is 0 Å². The first kappa shape index (κ1) is 8.87. The number of hydrogen-bond acceptors (Lipinski definition) is 3. The largest absolute Gasteiger partial charge is 0.397 e. The lowest BCUT2D eigenvalue weighted by atomic mass is 10.2. The van der Waals surface area contributed by atoms with Crippen molar-refractivity contribution in [2.45, 2.75) is 6.42 Å². The normalized spacial score (nSPS) is 16.5. The highest BCUT2D eigenvalue weighted by atomic mass is 16.2. The summed E-state index contributed by atoms with van der Waals surface area (Å²) >= 11 is 0. The molecule has 1 aliphatic heterocycles. The van der Waals surface area contributed by atoms with Gasteiger partial charge in [-0.05, 0) is 12.1 Å². The number of carbonyl (C=O) groups excluding carboxylic acids is 1. The SMILES string of the molecule is CN1C(=O)CCN1c1ccccc1N. The van der Waals surface area contributed by atoms with Gasteiger partial charge in [0.1, 0.15) is 0 Å². The van der Waals surface area contributed by atoms with Gasteiger partial charge in [0, 0.05) is 20.0 Å². The average molecular weight is 191 g/mol. The standard InChI is InChI=1S/C10H13N3O/c1-12-10(14)6-7-13(12)9-5-3-2-4-8(9)11/h2-5H,6-7,11H2,1H3. The van der Waals surface area contributed by atoms with Crippen molar-refractivity contribution in [3.05, 3.63) is 24.3 Å². The summed E-state index contributed by atoms with van der Waals surface area (Å²) in [4.78, 5) is 11.3. The van der Waals surface area contributed by atoms with Crippen LogP contribution in [0.25, 0.3) is 0 Å². The molecule has 0 bridgehead atoms. The minimum Gasteiger partial charge on any atom is -0.397 e. The number of hydrogen-bond donors (Lipinski definition) is 1. The lowest BCUT2D eigenvalue weighted by Crippen LogP contribution is -2.35. The molecule has 0 unspecified atom stereocenters. The highest BCUT2D eigenvalue weighted by Crippen LogP contribution is 2.26. The number of nitrogen functional groups attached to an aromatic ring is 1. The quantitative estimate of drug-likeness (QED) is 0.669. The lowest BCUT2D eigenvalue weighted by molar-refractivity contribution is -0.126. The van der Waals surface area contributed by atoms with Crippen LogP contribution < -0.4 is 10.7 Å². The van der Waals surface area contributed by atoms with Gasteiger partial charge in [-0.3, -0.25) is 14.8 Å². The molecule has 0 atom stereocenters. The van der Waals surface area contributed by atoms with E-state index >= 15 is 0 Å². The van der Waals surface area contributed by atoms with Gasteiger partial charge in [0.2, 0.25) is 5.91 Å². The van der Waals surface area contributed by atoms with Gasteiger partial charge in [-0.15, -0.1) is 0 Å². The molecule has 1 saturated heterocycles. The summed E-state index contributed by atoms with van der Waals surface area (Å²) in [6.45, 7) is 0.712. The fraction of sp³-hybridized carbons (Fsp3) is 0.300. The highest BCUT2D eigenvalue weighted by Gasteiger charge is 2.26. The number of carbonyl (C=O) groups is 1. The molecule has 4 heteroatoms. The summed E-state index contributed by atoms with van der Waals surface area (Å²) < 4.78 is 0. The predicted molar refractivity (Wildman–Crippen MR) is 55.6 cm³/mol. The fourth-order valence-electron chi connectivity index (χ4n) is 1.65. The zero-order valence-corrected chi connectivity index (χ0v) is 8.10. The Morgan fingerprint density at radius 1 is 1.36 bits per heavy atom. The van der Waals surface area contributed by atoms with Gasteiger partial charge in [-0.2, -0.15) is 0 Å². The number of rotatable bonds is 1. The molecule has 1 heterocycles. The van der Waals surface area contributed by atoms with E-state index < -0.39 is 0 Å². The Morgan fingerprint density at radius 3 is 2.64 bits per heavy atom. The highest BCUT2D eigenvalue weighted by molar-refractivity contribution is 5.83. The molecule has 0 saturated carbocycles. The van der Waals surface area contributed by atoms with E-state index in [2.05, 4.69) is 0 Å². The summed E-state index contributed by atoms with van der Waals surface area (Å²) in [5.41, 5.74) is 7.43. The van der Waals surface area contributed by atoms with E-state index in [-0.39, 0.29) is 5.91 Å². The third-order valence-corrected chi connectivity index (χ3v) is 2.48. The molecule has 0 spiro atoms. The lowest BCUT2D eigenvalue weighted by Gasteiger charge is -2.27. The van der Waals surface area contributed by atoms with Crippen LogP contribution >= 0.6 is 0 Å². The molecule has 2 rings (SSSR count). The van der Waals surface area contributed by atoms with Crippen molar-refractivity contribution in [1.82, 2.24) is 5.01 Å². The fourth-order valence-corrected chi connectivity index (χ4v) is 1.65. The van der Waals surface area contributed by atoms with Crippen LogP contribution in [-0.4, -0.2) is 24.5 Å². The topological polar surface area (TPSA) is 49.6 Å². The summed E-state index contributed by atoms with van der Waals surface area (Å²) in [5.74, 6) is 0.133. The van der Waals surface area contributed by atoms with E-state index in [0.717, 1.165) is 5.69 Å². The predicted octanol–water partition coefficient (Wildman–Crippen LogP) is 0.852. The number of hydrazine groups is 1. The summed E-state index contributed by atoms with van der Waals surface area (Å²) in [6, 6.07) is 7.56. The molecule has 1 aromatic rings. The van der Waals surface area contributed by atoms with Crippen LogP contribution in [0, 0.1) is 0 Å². The van der Waals surface area contributed by atoms with E-state index in [0.29, 0.717) is 18.7 Å². The first-order chi connectivity index (χ1) is 6.70. The van der Waals surface area contributed by atoms with Gasteiger partial charge in [0.05, 0.1) is 11.4 Å². The van der Waals surface area contributed by atoms with Crippen molar-refractivity contribution < 1.29 is 4.79 Å². The van der Waals surface area contributed by atoms with Crippen LogP contribution in [0.3, 0.4) is 0 Å². The molecular formula is C10H13N3O. The van der Waals surface area contributed by atoms with E-state index in [1.54, 1.807) is 12.1 Å². The van der Waals surface area contributed by atoms with Gasteiger partial charge in [0.25, 0.3) is 0 Å². The van der Waals surface area contributed by atoms with E-state index in [1.165, 1.54) is 0 Å². The van der Waals surface area contributed by atoms with Crippen molar-refractivity contribution in [1.29, 1.82) is 0 Å². The van der Waals surface area contributed by atoms with Crippen molar-refractivity contribution in [3.8, 4) is 0 Å². The molecule has 1 amide bonds. The van der Waals surface area contributed by atoms with E-state index in [9.17, 15) is 4.79 Å². The first-order valence-electron chi connectivity index (χ1n) is 4.58. The Balaban J connectivity index is 2.32. The molecule has 1 aliphatic rings. The smallest absolute Gasteiger partial charge is 0.242 e. The summed E-state index contributed by atoms with van der Waals surface area (Å²) in [6.07, 6.45) is 0.560. The van der Waals surface area contributed by atoms with Gasteiger partial charge < -0.3 is 5.73 Å². The molecule has 0 radical (unpaired) electrons. The van der Waals surface area contributed by atoms with Crippen molar-refractivity contribution >= 4 is 17.3 Å². The Morgan fingerprint density at radius 2 is 2.07 bits per heavy atom. The van der Waals surface area contributed by atoms with Crippen LogP contribution in [0.1, 0.15) is 6.42 Å². The zero-order valence-electron chi connectivity index (χ0n) is 8.10. The Labute approximate surface area is 82.9 Å². The third kappa shape index (κ3) is 1.28. The second kappa shape index (κ2) is 3.21. The molecule has 74 valence electrons. The maximum Gasteiger partial charge on any atom is 0.242 e. The van der Waals surface area contributed by atoms with Crippen LogP contribution in [0.15, 0.2) is 24.3 Å². The summed E-state index contributed by atoms with van der Waals surface area (Å²) in [7, 11) is 1.77. The number of amides is 1. The van der Waals surface area contributed by atoms with Crippen LogP contribution in [-0.2, 0) is 4.79 Å². The molecule has 1 aromatic carbocycles. The van der Waals surface area contributed by atoms with Gasteiger partial charge in [0.15, 0.2) is 0 Å². The average Bonchev–Trinajstić information content (AvgIpc) is 2.49. The zero-order chi connectivity index (χ0) is 10.1. The van der Waals surface area contributed by atoms with Gasteiger partial charge in [-0.25, -0.2) is 0 Å². The molecule has 4 nitrogen and oxygen atoms in total. The number of para-hydroxylation sites is 2. The Hall–Kier alpha value is -1.71. The number of nitrogens with two attached hydrogens (primary N) is 1. The molecule has 2 N–H and O–H groups in total. The second-order valence-electron chi connectivity index (χ2n) is 3.35. The van der Waals surface area contributed by atoms with E-state index in [1.807, 2.05) is 29.3 Å². The number of benzene rings is 1. The number of anilines is 2. The maximum atomic E-state index is 11.3. The number of nitrogens with zero attached hydrogens (tertiary/aromatic N) is 2. The van der Waals surface area contributed by atoms with Crippen LogP contribution in [0.2, 0.25) is 0 Å². The molecule has 0 aromatic heterocycles. The van der Waals surface area contributed by atoms with Gasteiger partial charge in [-0.1, -0.05) is 12.1 Å². The molecule has 0 aliphatic carbocycles. The van der Waals surface area contributed by atoms with Crippen LogP contribution in [0.4, 0.5) is 11.4 Å². The molecule has 1 fully saturated rings. The Bertz CT molecular complexity index is 364. The summed E-state index contributed by atoms with van der Waals surface area (Å²) in [5, 5.41) is 3.52. The van der Waals surface area contributed by atoms with Gasteiger partial charge >= 0.3 is 0 Å². The minimum atomic E-state index is 0.133. The maximum absolute atomic E-state index is 11.3. The van der Waals surface area contributed by atoms with Crippen LogP contribution in [0.5, 0.6) is 0 Å². The Kier molecular flexibility index (Phi) is 2.04. The van der Waals surface area contributed by atoms with E-state index in [4.69, 9.17) is 5.73 Å². The molecular weight excluding hydrogens is 178 g/mol.